The Labute approximate surface area is 87.2 Å². The number of rotatable bonds is 3. The molecule has 0 spiro atoms. The van der Waals surface area contributed by atoms with Crippen LogP contribution < -0.4 is 0 Å². The summed E-state index contributed by atoms with van der Waals surface area (Å²) < 4.78 is 0. The van der Waals surface area contributed by atoms with Crippen LogP contribution in [0.25, 0.3) is 0 Å². The van der Waals surface area contributed by atoms with Crippen molar-refractivity contribution >= 4 is 11.8 Å². The minimum atomic E-state index is -1.21. The smallest absolute Gasteiger partial charge is 0.339 e. The van der Waals surface area contributed by atoms with Crippen molar-refractivity contribution in [2.24, 2.45) is 5.92 Å². The van der Waals surface area contributed by atoms with E-state index in [1.54, 1.807) is 12.2 Å². The lowest BCUT2D eigenvalue weighted by molar-refractivity contribution is -0.134. The third kappa shape index (κ3) is 3.09. The van der Waals surface area contributed by atoms with Gasteiger partial charge in [-0.2, -0.15) is 0 Å². The molecule has 0 aromatic carbocycles. The number of carbonyl (C=O) groups excluding carboxylic acids is 1. The monoisotopic (exact) mass is 208 g/mol. The standard InChI is InChI=1S/C11H12O4/c1-7(12)10(11(14)15)6-8-2-4-9(13)5-3-8/h2,4-6,8,13H,3H2,1H3,(H,14,15). The molecule has 1 atom stereocenters. The highest BCUT2D eigenvalue weighted by Crippen LogP contribution is 2.18. The molecule has 0 bridgehead atoms. The first-order chi connectivity index (χ1) is 7.00. The summed E-state index contributed by atoms with van der Waals surface area (Å²) >= 11 is 0. The molecule has 1 aliphatic rings. The van der Waals surface area contributed by atoms with Gasteiger partial charge in [-0.3, -0.25) is 4.79 Å². The Balaban J connectivity index is 2.82. The van der Waals surface area contributed by atoms with Crippen LogP contribution in [0.5, 0.6) is 0 Å². The molecule has 4 heteroatoms. The van der Waals surface area contributed by atoms with Crippen molar-refractivity contribution in [3.8, 4) is 0 Å². The van der Waals surface area contributed by atoms with Crippen LogP contribution in [0.1, 0.15) is 13.3 Å². The molecule has 0 aromatic heterocycles. The maximum absolute atomic E-state index is 11.0. The van der Waals surface area contributed by atoms with E-state index in [0.717, 1.165) is 0 Å². The van der Waals surface area contributed by atoms with Crippen molar-refractivity contribution in [1.29, 1.82) is 0 Å². The van der Waals surface area contributed by atoms with E-state index in [1.807, 2.05) is 0 Å². The molecule has 1 rings (SSSR count). The number of ketones is 1. The number of aliphatic hydroxyl groups is 1. The number of carbonyl (C=O) groups is 2. The molecule has 0 aliphatic heterocycles. The minimum Gasteiger partial charge on any atom is -0.508 e. The van der Waals surface area contributed by atoms with Crippen molar-refractivity contribution in [3.63, 3.8) is 0 Å². The van der Waals surface area contributed by atoms with Crippen LogP contribution >= 0.6 is 0 Å². The van der Waals surface area contributed by atoms with E-state index in [9.17, 15) is 9.59 Å². The molecule has 15 heavy (non-hydrogen) atoms. The summed E-state index contributed by atoms with van der Waals surface area (Å²) in [4.78, 5) is 21.7. The van der Waals surface area contributed by atoms with Crippen LogP contribution in [-0.4, -0.2) is 22.0 Å². The molecular weight excluding hydrogens is 196 g/mol. The molecule has 0 fully saturated rings. The Morgan fingerprint density at radius 2 is 2.20 bits per heavy atom. The normalized spacial score (nSPS) is 21.0. The number of aliphatic carboxylic acids is 1. The summed E-state index contributed by atoms with van der Waals surface area (Å²) in [6, 6.07) is 0. The molecule has 0 aromatic rings. The third-order valence-corrected chi connectivity index (χ3v) is 2.10. The Hall–Kier alpha value is -1.84. The largest absolute Gasteiger partial charge is 0.508 e. The van der Waals surface area contributed by atoms with E-state index in [2.05, 4.69) is 0 Å². The Morgan fingerprint density at radius 1 is 1.53 bits per heavy atom. The summed E-state index contributed by atoms with van der Waals surface area (Å²) in [6.45, 7) is 1.22. The fraction of sp³-hybridized carbons (Fsp3) is 0.273. The molecule has 4 nitrogen and oxygen atoms in total. The fourth-order valence-electron chi connectivity index (χ4n) is 1.30. The topological polar surface area (TPSA) is 74.6 Å². The van der Waals surface area contributed by atoms with E-state index in [1.165, 1.54) is 19.1 Å². The Morgan fingerprint density at radius 3 is 2.60 bits per heavy atom. The summed E-state index contributed by atoms with van der Waals surface area (Å²) in [6.07, 6.45) is 6.66. The van der Waals surface area contributed by atoms with Gasteiger partial charge in [0, 0.05) is 0 Å². The number of hydrogen-bond acceptors (Lipinski definition) is 3. The second kappa shape index (κ2) is 4.59. The van der Waals surface area contributed by atoms with Crippen LogP contribution in [0.3, 0.4) is 0 Å². The molecule has 0 heterocycles. The first-order valence-electron chi connectivity index (χ1n) is 4.54. The molecule has 80 valence electrons. The van der Waals surface area contributed by atoms with Crippen LogP contribution in [0.2, 0.25) is 0 Å². The van der Waals surface area contributed by atoms with Crippen molar-refractivity contribution in [1.82, 2.24) is 0 Å². The summed E-state index contributed by atoms with van der Waals surface area (Å²) in [7, 11) is 0. The number of carboxylic acid groups (broad SMARTS) is 1. The van der Waals surface area contributed by atoms with Crippen LogP contribution in [0.4, 0.5) is 0 Å². The van der Waals surface area contributed by atoms with E-state index in [0.29, 0.717) is 6.42 Å². The van der Waals surface area contributed by atoms with Gasteiger partial charge in [0.1, 0.15) is 5.76 Å². The van der Waals surface area contributed by atoms with Crippen molar-refractivity contribution in [2.75, 3.05) is 0 Å². The van der Waals surface area contributed by atoms with Gasteiger partial charge in [0.25, 0.3) is 0 Å². The maximum atomic E-state index is 11.0. The number of carboxylic acids is 1. The lowest BCUT2D eigenvalue weighted by atomic mass is 9.96. The van der Waals surface area contributed by atoms with Gasteiger partial charge < -0.3 is 10.2 Å². The number of Topliss-reactive ketones (excluding diaryl/α,β-unsaturated/α-hetero) is 1. The maximum Gasteiger partial charge on any atom is 0.339 e. The van der Waals surface area contributed by atoms with Gasteiger partial charge in [0.05, 0.1) is 5.57 Å². The van der Waals surface area contributed by atoms with E-state index < -0.39 is 11.8 Å². The number of allylic oxidation sites excluding steroid dienone is 4. The van der Waals surface area contributed by atoms with E-state index in [4.69, 9.17) is 10.2 Å². The highest BCUT2D eigenvalue weighted by molar-refractivity contribution is 6.15. The van der Waals surface area contributed by atoms with Crippen LogP contribution in [-0.2, 0) is 9.59 Å². The average molecular weight is 208 g/mol. The highest BCUT2D eigenvalue weighted by Gasteiger charge is 2.15. The third-order valence-electron chi connectivity index (χ3n) is 2.10. The predicted octanol–water partition coefficient (Wildman–Crippen LogP) is 1.60. The van der Waals surface area contributed by atoms with Gasteiger partial charge in [-0.05, 0) is 31.4 Å². The zero-order chi connectivity index (χ0) is 11.4. The quantitative estimate of drug-likeness (QED) is 0.419. The lowest BCUT2D eigenvalue weighted by Gasteiger charge is -2.10. The SMILES string of the molecule is CC(=O)C(=CC1C=CC(O)=CC1)C(=O)O. The summed E-state index contributed by atoms with van der Waals surface area (Å²) in [5.41, 5.74) is -0.209. The first kappa shape index (κ1) is 11.2. The van der Waals surface area contributed by atoms with Crippen molar-refractivity contribution in [2.45, 2.75) is 13.3 Å². The van der Waals surface area contributed by atoms with Gasteiger partial charge in [-0.15, -0.1) is 0 Å². The van der Waals surface area contributed by atoms with E-state index in [-0.39, 0.29) is 17.3 Å². The van der Waals surface area contributed by atoms with Crippen LogP contribution in [0, 0.1) is 5.92 Å². The molecule has 0 amide bonds. The highest BCUT2D eigenvalue weighted by atomic mass is 16.4. The molecule has 0 radical (unpaired) electrons. The second-order valence-electron chi connectivity index (χ2n) is 3.33. The minimum absolute atomic E-state index is 0.143. The van der Waals surface area contributed by atoms with Gasteiger partial charge in [0.15, 0.2) is 5.78 Å². The predicted molar refractivity (Wildman–Crippen MR) is 54.4 cm³/mol. The molecule has 1 aliphatic carbocycles. The van der Waals surface area contributed by atoms with Crippen molar-refractivity contribution in [3.05, 3.63) is 35.6 Å². The fourth-order valence-corrected chi connectivity index (χ4v) is 1.30. The molecule has 0 saturated heterocycles. The number of aliphatic hydroxyl groups excluding tert-OH is 1. The van der Waals surface area contributed by atoms with E-state index >= 15 is 0 Å². The van der Waals surface area contributed by atoms with Gasteiger partial charge in [-0.25, -0.2) is 4.79 Å². The Bertz CT molecular complexity index is 358. The number of hydrogen-bond donors (Lipinski definition) is 2. The second-order valence-corrected chi connectivity index (χ2v) is 3.33. The van der Waals surface area contributed by atoms with Gasteiger partial charge in [0.2, 0.25) is 0 Å². The lowest BCUT2D eigenvalue weighted by Crippen LogP contribution is -2.11. The Kier molecular flexibility index (Phi) is 3.44. The molecule has 2 N–H and O–H groups in total. The van der Waals surface area contributed by atoms with Gasteiger partial charge in [-0.1, -0.05) is 12.2 Å². The van der Waals surface area contributed by atoms with Crippen LogP contribution in [0.15, 0.2) is 35.6 Å². The zero-order valence-electron chi connectivity index (χ0n) is 8.30. The summed E-state index contributed by atoms with van der Waals surface area (Å²) in [5, 5.41) is 17.8. The van der Waals surface area contributed by atoms with Gasteiger partial charge >= 0.3 is 5.97 Å². The summed E-state index contributed by atoms with van der Waals surface area (Å²) in [5.74, 6) is -1.65. The molecule has 0 saturated carbocycles. The average Bonchev–Trinajstić information content (AvgIpc) is 2.15. The van der Waals surface area contributed by atoms with Crippen molar-refractivity contribution < 1.29 is 19.8 Å². The first-order valence-corrected chi connectivity index (χ1v) is 4.54. The molecular formula is C11H12O4. The zero-order valence-corrected chi connectivity index (χ0v) is 8.30. The molecule has 1 unspecified atom stereocenters.